The molecule has 0 radical (unpaired) electrons. The van der Waals surface area contributed by atoms with Gasteiger partial charge in [-0.25, -0.2) is 13.2 Å². The Balaban J connectivity index is 1.87. The molecule has 0 bridgehead atoms. The van der Waals surface area contributed by atoms with E-state index in [2.05, 4.69) is 0 Å². The number of aliphatic hydroxyl groups is 1. The number of halogens is 3. The number of carbonyl (C=O) groups is 3. The first kappa shape index (κ1) is 25.5. The molecule has 0 aromatic carbocycles. The molecule has 4 aliphatic rings. The van der Waals surface area contributed by atoms with Crippen LogP contribution in [0.5, 0.6) is 0 Å². The summed E-state index contributed by atoms with van der Waals surface area (Å²) in [6, 6.07) is -1.02. The summed E-state index contributed by atoms with van der Waals surface area (Å²) in [5.74, 6) is -3.30. The summed E-state index contributed by atoms with van der Waals surface area (Å²) in [6.07, 6.45) is 0.160. The Bertz CT molecular complexity index is 984. The number of aliphatic hydroxyl groups excluding tert-OH is 1. The SMILES string of the molecule is CCC(=O)O[C@]1(C(=O)SCF)[C@H](C)C[C@@H]2[C@@H]3C[C@@H](F)C4=CC(=O)C=C[C@]4(C)[C@@]3(F)[C@@H](O)C[C@@]21C. The Morgan fingerprint density at radius 1 is 1.26 bits per heavy atom. The average molecular weight is 501 g/mol. The van der Waals surface area contributed by atoms with E-state index in [9.17, 15) is 23.9 Å². The van der Waals surface area contributed by atoms with E-state index >= 15 is 8.78 Å². The van der Waals surface area contributed by atoms with Crippen molar-refractivity contribution in [3.8, 4) is 0 Å². The molecule has 0 unspecified atom stereocenters. The van der Waals surface area contributed by atoms with Gasteiger partial charge < -0.3 is 9.84 Å². The van der Waals surface area contributed by atoms with Gasteiger partial charge in [0.25, 0.3) is 0 Å². The molecule has 1 N–H and O–H groups in total. The van der Waals surface area contributed by atoms with Crippen LogP contribution in [-0.4, -0.2) is 51.5 Å². The highest BCUT2D eigenvalue weighted by Gasteiger charge is 2.78. The minimum atomic E-state index is -2.30. The maximum Gasteiger partial charge on any atom is 0.306 e. The maximum absolute atomic E-state index is 17.2. The van der Waals surface area contributed by atoms with E-state index in [4.69, 9.17) is 4.74 Å². The largest absolute Gasteiger partial charge is 0.449 e. The zero-order chi connectivity index (χ0) is 25.3. The molecule has 0 saturated heterocycles. The van der Waals surface area contributed by atoms with Crippen LogP contribution in [0.1, 0.15) is 53.4 Å². The number of carbonyl (C=O) groups excluding carboxylic acids is 3. The number of hydrogen-bond donors (Lipinski definition) is 1. The van der Waals surface area contributed by atoms with Crippen molar-refractivity contribution in [2.75, 3.05) is 6.01 Å². The Morgan fingerprint density at radius 2 is 1.94 bits per heavy atom. The summed E-state index contributed by atoms with van der Waals surface area (Å²) in [5, 5.41) is 10.7. The smallest absolute Gasteiger partial charge is 0.306 e. The van der Waals surface area contributed by atoms with Crippen LogP contribution in [0, 0.1) is 28.6 Å². The van der Waals surface area contributed by atoms with Gasteiger partial charge in [-0.15, -0.1) is 0 Å². The zero-order valence-corrected chi connectivity index (χ0v) is 20.6. The highest BCUT2D eigenvalue weighted by atomic mass is 32.2. The third-order valence-corrected chi connectivity index (χ3v) is 9.90. The Kier molecular flexibility index (Phi) is 6.16. The molecule has 0 heterocycles. The zero-order valence-electron chi connectivity index (χ0n) is 19.8. The molecule has 4 rings (SSSR count). The Labute approximate surface area is 201 Å². The van der Waals surface area contributed by atoms with Crippen molar-refractivity contribution >= 4 is 28.6 Å². The first-order valence-corrected chi connectivity index (χ1v) is 12.7. The minimum absolute atomic E-state index is 0.0141. The number of thioether (sulfide) groups is 1. The molecule has 9 heteroatoms. The molecule has 0 spiro atoms. The number of ketones is 1. The van der Waals surface area contributed by atoms with Crippen LogP contribution >= 0.6 is 11.8 Å². The summed E-state index contributed by atoms with van der Waals surface area (Å²) in [5.41, 5.74) is -6.84. The molecule has 188 valence electrons. The third-order valence-electron chi connectivity index (χ3n) is 9.22. The predicted octanol–water partition coefficient (Wildman–Crippen LogP) is 4.43. The van der Waals surface area contributed by atoms with Crippen LogP contribution in [0.2, 0.25) is 0 Å². The van der Waals surface area contributed by atoms with Crippen molar-refractivity contribution in [2.24, 2.45) is 28.6 Å². The minimum Gasteiger partial charge on any atom is -0.449 e. The molecule has 0 amide bonds. The number of ether oxygens (including phenoxy) is 1. The van der Waals surface area contributed by atoms with Crippen LogP contribution in [0.4, 0.5) is 13.2 Å². The number of alkyl halides is 3. The fraction of sp³-hybridized carbons (Fsp3) is 0.720. The molecular weight excluding hydrogens is 469 g/mol. The summed E-state index contributed by atoms with van der Waals surface area (Å²) in [4.78, 5) is 37.8. The van der Waals surface area contributed by atoms with E-state index in [1.807, 2.05) is 0 Å². The summed E-state index contributed by atoms with van der Waals surface area (Å²) < 4.78 is 51.8. The summed E-state index contributed by atoms with van der Waals surface area (Å²) in [7, 11) is 0. The predicted molar refractivity (Wildman–Crippen MR) is 121 cm³/mol. The maximum atomic E-state index is 17.2. The molecule has 3 saturated carbocycles. The normalized spacial score (nSPS) is 47.4. The van der Waals surface area contributed by atoms with Crippen molar-refractivity contribution in [2.45, 2.75) is 76.9 Å². The molecular formula is C25H31F3O5S. The highest BCUT2D eigenvalue weighted by molar-refractivity contribution is 8.13. The fourth-order valence-corrected chi connectivity index (χ4v) is 8.42. The van der Waals surface area contributed by atoms with Gasteiger partial charge in [0.05, 0.1) is 6.10 Å². The standard InChI is InChI=1S/C25H31F3O5S/c1-5-20(31)33-25(21(32)34-12-26)13(2)8-15-16-10-18(27)17-9-14(29)6-7-22(17,3)24(16,28)19(30)11-23(15,25)4/h6-7,9,13,15-16,18-19,30H,5,8,10-12H2,1-4H3/t13-,15-,16+,18-,19+,22+,23+,24+,25+/m1/s1. The molecule has 4 aliphatic carbocycles. The Hall–Kier alpha value is -1.61. The lowest BCUT2D eigenvalue weighted by atomic mass is 9.44. The van der Waals surface area contributed by atoms with Crippen LogP contribution in [-0.2, 0) is 19.1 Å². The fourth-order valence-electron chi connectivity index (χ4n) is 7.63. The molecule has 0 aliphatic heterocycles. The van der Waals surface area contributed by atoms with Crippen molar-refractivity contribution in [1.82, 2.24) is 0 Å². The van der Waals surface area contributed by atoms with E-state index in [-0.39, 0.29) is 31.3 Å². The van der Waals surface area contributed by atoms with Crippen molar-refractivity contribution < 1.29 is 37.4 Å². The highest BCUT2D eigenvalue weighted by Crippen LogP contribution is 2.72. The lowest BCUT2D eigenvalue weighted by Crippen LogP contribution is -2.70. The van der Waals surface area contributed by atoms with E-state index in [1.54, 1.807) is 20.8 Å². The van der Waals surface area contributed by atoms with Gasteiger partial charge in [0.15, 0.2) is 17.1 Å². The van der Waals surface area contributed by atoms with Crippen LogP contribution in [0.3, 0.4) is 0 Å². The second kappa shape index (κ2) is 8.22. The lowest BCUT2D eigenvalue weighted by Gasteiger charge is -2.63. The first-order chi connectivity index (χ1) is 15.8. The van der Waals surface area contributed by atoms with Gasteiger partial charge in [0.2, 0.25) is 5.12 Å². The summed E-state index contributed by atoms with van der Waals surface area (Å²) in [6.45, 7) is 6.45. The number of fused-ring (bicyclic) bond motifs is 5. The molecule has 3 fully saturated rings. The second-order valence-electron chi connectivity index (χ2n) is 10.6. The number of hydrogen-bond acceptors (Lipinski definition) is 6. The molecule has 0 aromatic rings. The molecule has 0 aromatic heterocycles. The average Bonchev–Trinajstić information content (AvgIpc) is 2.99. The van der Waals surface area contributed by atoms with Crippen molar-refractivity contribution in [3.63, 3.8) is 0 Å². The van der Waals surface area contributed by atoms with Gasteiger partial charge in [0.1, 0.15) is 12.2 Å². The topological polar surface area (TPSA) is 80.7 Å². The quantitative estimate of drug-likeness (QED) is 0.576. The van der Waals surface area contributed by atoms with Crippen LogP contribution < -0.4 is 0 Å². The van der Waals surface area contributed by atoms with E-state index in [0.717, 1.165) is 6.08 Å². The second-order valence-corrected chi connectivity index (χ2v) is 11.5. The van der Waals surface area contributed by atoms with Crippen LogP contribution in [0.25, 0.3) is 0 Å². The van der Waals surface area contributed by atoms with E-state index < -0.39 is 75.0 Å². The van der Waals surface area contributed by atoms with Gasteiger partial charge in [-0.05, 0) is 61.6 Å². The van der Waals surface area contributed by atoms with Crippen LogP contribution in [0.15, 0.2) is 23.8 Å². The lowest BCUT2D eigenvalue weighted by molar-refractivity contribution is -0.228. The van der Waals surface area contributed by atoms with E-state index in [1.165, 1.54) is 19.1 Å². The van der Waals surface area contributed by atoms with E-state index in [0.29, 0.717) is 11.8 Å². The monoisotopic (exact) mass is 500 g/mol. The molecule has 5 nitrogen and oxygen atoms in total. The molecule has 34 heavy (non-hydrogen) atoms. The van der Waals surface area contributed by atoms with Gasteiger partial charge in [-0.2, -0.15) is 0 Å². The van der Waals surface area contributed by atoms with Crippen molar-refractivity contribution in [3.05, 3.63) is 23.8 Å². The van der Waals surface area contributed by atoms with Gasteiger partial charge in [-0.1, -0.05) is 26.8 Å². The number of allylic oxidation sites excluding steroid dienone is 4. The van der Waals surface area contributed by atoms with Gasteiger partial charge in [-0.3, -0.25) is 14.4 Å². The summed E-state index contributed by atoms with van der Waals surface area (Å²) >= 11 is 0.396. The molecule has 9 atom stereocenters. The Morgan fingerprint density at radius 3 is 2.56 bits per heavy atom. The number of esters is 1. The number of rotatable bonds is 4. The van der Waals surface area contributed by atoms with Gasteiger partial charge in [0, 0.05) is 29.1 Å². The third kappa shape index (κ3) is 3.01. The first-order valence-electron chi connectivity index (χ1n) is 11.7. The van der Waals surface area contributed by atoms with Crippen molar-refractivity contribution in [1.29, 1.82) is 0 Å². The van der Waals surface area contributed by atoms with Gasteiger partial charge >= 0.3 is 5.97 Å².